The SMILES string of the molecule is CCCC[C@H](NC(=O)C(c1c(F)cccc1Cl)N(C)C)C(=O)O. The van der Waals surface area contributed by atoms with E-state index >= 15 is 0 Å². The average Bonchev–Trinajstić information content (AvgIpc) is 2.46. The van der Waals surface area contributed by atoms with Crippen LogP contribution >= 0.6 is 11.6 Å². The first kappa shape index (κ1) is 19.4. The van der Waals surface area contributed by atoms with E-state index in [1.807, 2.05) is 6.92 Å². The molecule has 0 saturated carbocycles. The summed E-state index contributed by atoms with van der Waals surface area (Å²) in [4.78, 5) is 25.3. The molecule has 0 aromatic heterocycles. The molecule has 0 aliphatic carbocycles. The smallest absolute Gasteiger partial charge is 0.326 e. The van der Waals surface area contributed by atoms with E-state index in [-0.39, 0.29) is 10.6 Å². The van der Waals surface area contributed by atoms with Crippen LogP contribution in [-0.4, -0.2) is 42.0 Å². The van der Waals surface area contributed by atoms with Crippen molar-refractivity contribution in [2.24, 2.45) is 0 Å². The van der Waals surface area contributed by atoms with Crippen LogP contribution in [0.15, 0.2) is 18.2 Å². The number of aliphatic carboxylic acids is 1. The number of halogens is 2. The Morgan fingerprint density at radius 2 is 2.04 bits per heavy atom. The fourth-order valence-corrected chi connectivity index (χ4v) is 2.58. The molecule has 0 spiro atoms. The minimum atomic E-state index is -1.11. The van der Waals surface area contributed by atoms with Crippen molar-refractivity contribution in [2.75, 3.05) is 14.1 Å². The van der Waals surface area contributed by atoms with Gasteiger partial charge in [-0.15, -0.1) is 0 Å². The molecule has 0 radical (unpaired) electrons. The van der Waals surface area contributed by atoms with E-state index in [9.17, 15) is 19.1 Å². The van der Waals surface area contributed by atoms with E-state index in [0.29, 0.717) is 12.8 Å². The summed E-state index contributed by atoms with van der Waals surface area (Å²) in [5.74, 6) is -2.30. The molecule has 0 aliphatic heterocycles. The zero-order valence-electron chi connectivity index (χ0n) is 13.5. The van der Waals surface area contributed by atoms with Crippen LogP contribution < -0.4 is 5.32 Å². The summed E-state index contributed by atoms with van der Waals surface area (Å²) in [7, 11) is 3.21. The maximum atomic E-state index is 14.1. The lowest BCUT2D eigenvalue weighted by molar-refractivity contribution is -0.142. The number of nitrogens with one attached hydrogen (secondary N) is 1. The van der Waals surface area contributed by atoms with Gasteiger partial charge in [-0.25, -0.2) is 9.18 Å². The van der Waals surface area contributed by atoms with Gasteiger partial charge in [0.2, 0.25) is 5.91 Å². The number of rotatable bonds is 8. The predicted octanol–water partition coefficient (Wildman–Crippen LogP) is 2.84. The summed E-state index contributed by atoms with van der Waals surface area (Å²) in [6, 6.07) is 2.15. The van der Waals surface area contributed by atoms with Gasteiger partial charge in [0.25, 0.3) is 0 Å². The molecule has 0 fully saturated rings. The number of nitrogens with zero attached hydrogens (tertiary/aromatic N) is 1. The quantitative estimate of drug-likeness (QED) is 0.760. The fourth-order valence-electron chi connectivity index (χ4n) is 2.31. The summed E-state index contributed by atoms with van der Waals surface area (Å²) in [6.07, 6.45) is 1.81. The Kier molecular flexibility index (Phi) is 7.45. The largest absolute Gasteiger partial charge is 0.480 e. The summed E-state index contributed by atoms with van der Waals surface area (Å²) >= 11 is 6.03. The van der Waals surface area contributed by atoms with Gasteiger partial charge in [0.15, 0.2) is 0 Å². The predicted molar refractivity (Wildman–Crippen MR) is 86.9 cm³/mol. The van der Waals surface area contributed by atoms with Crippen LogP contribution in [0.3, 0.4) is 0 Å². The van der Waals surface area contributed by atoms with Crippen LogP contribution in [0.25, 0.3) is 0 Å². The van der Waals surface area contributed by atoms with Crippen LogP contribution in [-0.2, 0) is 9.59 Å². The van der Waals surface area contributed by atoms with Gasteiger partial charge >= 0.3 is 5.97 Å². The van der Waals surface area contributed by atoms with Crippen molar-refractivity contribution in [1.29, 1.82) is 0 Å². The van der Waals surface area contributed by atoms with E-state index in [1.54, 1.807) is 14.1 Å². The zero-order chi connectivity index (χ0) is 17.6. The van der Waals surface area contributed by atoms with Crippen LogP contribution in [0.5, 0.6) is 0 Å². The van der Waals surface area contributed by atoms with Crippen molar-refractivity contribution in [2.45, 2.75) is 38.3 Å². The van der Waals surface area contributed by atoms with Gasteiger partial charge in [-0.05, 0) is 32.6 Å². The second-order valence-corrected chi connectivity index (χ2v) is 5.95. The van der Waals surface area contributed by atoms with Gasteiger partial charge in [-0.2, -0.15) is 0 Å². The number of hydrogen-bond donors (Lipinski definition) is 2. The van der Waals surface area contributed by atoms with Crippen LogP contribution in [0, 0.1) is 5.82 Å². The van der Waals surface area contributed by atoms with Crippen molar-refractivity contribution in [1.82, 2.24) is 10.2 Å². The molecule has 0 aliphatic rings. The summed E-state index contributed by atoms with van der Waals surface area (Å²) in [5, 5.41) is 11.8. The molecule has 7 heteroatoms. The van der Waals surface area contributed by atoms with E-state index < -0.39 is 29.8 Å². The minimum Gasteiger partial charge on any atom is -0.480 e. The molecule has 2 N–H and O–H groups in total. The third-order valence-electron chi connectivity index (χ3n) is 3.50. The van der Waals surface area contributed by atoms with E-state index in [0.717, 1.165) is 6.42 Å². The van der Waals surface area contributed by atoms with Gasteiger partial charge in [-0.3, -0.25) is 9.69 Å². The molecule has 0 heterocycles. The van der Waals surface area contributed by atoms with Gasteiger partial charge in [0, 0.05) is 10.6 Å². The van der Waals surface area contributed by atoms with Crippen molar-refractivity contribution in [3.8, 4) is 0 Å². The Morgan fingerprint density at radius 3 is 2.52 bits per heavy atom. The van der Waals surface area contributed by atoms with Crippen molar-refractivity contribution >= 4 is 23.5 Å². The number of unbranched alkanes of at least 4 members (excludes halogenated alkanes) is 1. The third kappa shape index (κ3) is 5.18. The first-order valence-electron chi connectivity index (χ1n) is 7.43. The Balaban J connectivity index is 3.06. The highest BCUT2D eigenvalue weighted by Crippen LogP contribution is 2.29. The normalized spacial score (nSPS) is 13.7. The molecule has 5 nitrogen and oxygen atoms in total. The fraction of sp³-hybridized carbons (Fsp3) is 0.500. The lowest BCUT2D eigenvalue weighted by Crippen LogP contribution is -2.46. The summed E-state index contributed by atoms with van der Waals surface area (Å²) in [6.45, 7) is 1.93. The molecule has 1 aromatic carbocycles. The monoisotopic (exact) mass is 344 g/mol. The number of carboxylic acids is 1. The lowest BCUT2D eigenvalue weighted by atomic mass is 10.0. The number of carbonyl (C=O) groups excluding carboxylic acids is 1. The Hall–Kier alpha value is -1.66. The number of hydrogen-bond acceptors (Lipinski definition) is 3. The van der Waals surface area contributed by atoms with Crippen LogP contribution in [0.1, 0.15) is 37.8 Å². The highest BCUT2D eigenvalue weighted by Gasteiger charge is 2.31. The Labute approximate surface area is 140 Å². The van der Waals surface area contributed by atoms with Crippen LogP contribution in [0.2, 0.25) is 5.02 Å². The molecule has 0 bridgehead atoms. The van der Waals surface area contributed by atoms with Crippen molar-refractivity contribution in [3.63, 3.8) is 0 Å². The summed E-state index contributed by atoms with van der Waals surface area (Å²) < 4.78 is 14.1. The second-order valence-electron chi connectivity index (χ2n) is 5.54. The maximum Gasteiger partial charge on any atom is 0.326 e. The molecule has 2 atom stereocenters. The first-order valence-corrected chi connectivity index (χ1v) is 7.80. The molecule has 23 heavy (non-hydrogen) atoms. The van der Waals surface area contributed by atoms with Gasteiger partial charge < -0.3 is 10.4 Å². The van der Waals surface area contributed by atoms with Gasteiger partial charge in [0.05, 0.1) is 0 Å². The molecule has 1 rings (SSSR count). The highest BCUT2D eigenvalue weighted by atomic mass is 35.5. The summed E-state index contributed by atoms with van der Waals surface area (Å²) in [5.41, 5.74) is 0.0382. The molecular formula is C16H22ClFN2O3. The lowest BCUT2D eigenvalue weighted by Gasteiger charge is -2.26. The highest BCUT2D eigenvalue weighted by molar-refractivity contribution is 6.31. The van der Waals surface area contributed by atoms with E-state index in [1.165, 1.54) is 23.1 Å². The Bertz CT molecular complexity index is 546. The first-order chi connectivity index (χ1) is 10.8. The van der Waals surface area contributed by atoms with Crippen molar-refractivity contribution < 1.29 is 19.1 Å². The molecule has 0 saturated heterocycles. The maximum absolute atomic E-state index is 14.1. The number of carboxylic acid groups (broad SMARTS) is 1. The third-order valence-corrected chi connectivity index (χ3v) is 3.83. The molecule has 128 valence electrons. The van der Waals surface area contributed by atoms with Crippen LogP contribution in [0.4, 0.5) is 4.39 Å². The molecule has 1 amide bonds. The topological polar surface area (TPSA) is 69.6 Å². The number of likely N-dealkylation sites (N-methyl/N-ethyl adjacent to an activating group) is 1. The molecular weight excluding hydrogens is 323 g/mol. The number of benzene rings is 1. The second kappa shape index (κ2) is 8.84. The number of amides is 1. The average molecular weight is 345 g/mol. The minimum absolute atomic E-state index is 0.0382. The van der Waals surface area contributed by atoms with E-state index in [2.05, 4.69) is 5.32 Å². The Morgan fingerprint density at radius 1 is 1.39 bits per heavy atom. The number of carbonyl (C=O) groups is 2. The van der Waals surface area contributed by atoms with Gasteiger partial charge in [-0.1, -0.05) is 37.4 Å². The zero-order valence-corrected chi connectivity index (χ0v) is 14.2. The molecule has 1 unspecified atom stereocenters. The van der Waals surface area contributed by atoms with Crippen molar-refractivity contribution in [3.05, 3.63) is 34.6 Å². The molecule has 1 aromatic rings. The van der Waals surface area contributed by atoms with Gasteiger partial charge in [0.1, 0.15) is 17.9 Å². The standard InChI is InChI=1S/C16H22ClFN2O3/c1-4-5-9-12(16(22)23)19-15(21)14(20(2)3)13-10(17)7-6-8-11(13)18/h6-8,12,14H,4-5,9H2,1-3H3,(H,19,21)(H,22,23)/t12-,14?/m0/s1. The van der Waals surface area contributed by atoms with E-state index in [4.69, 9.17) is 11.6 Å².